The third-order valence-corrected chi connectivity index (χ3v) is 8.64. The van der Waals surface area contributed by atoms with Crippen LogP contribution in [0.3, 0.4) is 0 Å². The SMILES string of the molecule is CC/C=C/C/C=C/C/C=C/C/C=C/CCCCC(=O)O[C@H](COC(=O)CCCCCCC/C=C/CCCCC)CO[C@@H]1O[C@H](CO)[C@H](O)C(O)C1O. The highest BCUT2D eigenvalue weighted by molar-refractivity contribution is 5.70. The Hall–Kier alpha value is -2.60. The van der Waals surface area contributed by atoms with Crippen LogP contribution in [-0.4, -0.2) is 89.0 Å². The van der Waals surface area contributed by atoms with Gasteiger partial charge in [-0.15, -0.1) is 0 Å². The number of esters is 2. The van der Waals surface area contributed by atoms with Crippen molar-refractivity contribution in [3.8, 4) is 0 Å². The molecule has 6 atom stereocenters. The van der Waals surface area contributed by atoms with Gasteiger partial charge in [-0.05, 0) is 77.0 Å². The lowest BCUT2D eigenvalue weighted by Gasteiger charge is -2.39. The third kappa shape index (κ3) is 24.6. The van der Waals surface area contributed by atoms with E-state index in [2.05, 4.69) is 74.6 Å². The Morgan fingerprint density at radius 2 is 1.13 bits per heavy atom. The zero-order valence-corrected chi connectivity index (χ0v) is 32.0. The number of aliphatic hydroxyl groups is 4. The second kappa shape index (κ2) is 33.0. The molecule has 0 saturated carbocycles. The molecule has 1 fully saturated rings. The van der Waals surface area contributed by atoms with Crippen LogP contribution in [0.1, 0.15) is 136 Å². The van der Waals surface area contributed by atoms with Gasteiger partial charge in [0, 0.05) is 12.8 Å². The Balaban J connectivity index is 2.44. The first kappa shape index (κ1) is 47.4. The van der Waals surface area contributed by atoms with Crippen LogP contribution >= 0.6 is 0 Å². The van der Waals surface area contributed by atoms with Crippen LogP contribution in [0.4, 0.5) is 0 Å². The van der Waals surface area contributed by atoms with Gasteiger partial charge >= 0.3 is 11.9 Å². The summed E-state index contributed by atoms with van der Waals surface area (Å²) in [6.45, 7) is 3.20. The summed E-state index contributed by atoms with van der Waals surface area (Å²) in [4.78, 5) is 25.2. The molecule has 0 spiro atoms. The molecule has 1 rings (SSSR count). The molecule has 1 saturated heterocycles. The monoisotopic (exact) mass is 734 g/mol. The largest absolute Gasteiger partial charge is 0.462 e. The van der Waals surface area contributed by atoms with E-state index >= 15 is 0 Å². The Morgan fingerprint density at radius 3 is 1.77 bits per heavy atom. The summed E-state index contributed by atoms with van der Waals surface area (Å²) in [5.74, 6) is -0.874. The smallest absolute Gasteiger partial charge is 0.306 e. The first-order valence-corrected chi connectivity index (χ1v) is 19.9. The molecule has 0 radical (unpaired) electrons. The number of rotatable bonds is 31. The number of aliphatic hydroxyl groups excluding tert-OH is 4. The molecule has 10 heteroatoms. The maximum Gasteiger partial charge on any atom is 0.306 e. The van der Waals surface area contributed by atoms with Gasteiger partial charge in [0.1, 0.15) is 31.0 Å². The highest BCUT2D eigenvalue weighted by atomic mass is 16.7. The summed E-state index contributed by atoms with van der Waals surface area (Å²) >= 11 is 0. The number of unbranched alkanes of at least 4 members (excludes halogenated alkanes) is 10. The summed E-state index contributed by atoms with van der Waals surface area (Å²) in [7, 11) is 0. The van der Waals surface area contributed by atoms with Gasteiger partial charge in [0.15, 0.2) is 12.4 Å². The maximum absolute atomic E-state index is 12.7. The summed E-state index contributed by atoms with van der Waals surface area (Å²) in [5, 5.41) is 39.9. The lowest BCUT2D eigenvalue weighted by molar-refractivity contribution is -0.305. The topological polar surface area (TPSA) is 152 Å². The number of allylic oxidation sites excluding steroid dienone is 10. The van der Waals surface area contributed by atoms with Crippen LogP contribution in [0.25, 0.3) is 0 Å². The van der Waals surface area contributed by atoms with Gasteiger partial charge in [-0.2, -0.15) is 0 Å². The van der Waals surface area contributed by atoms with E-state index in [1.807, 2.05) is 0 Å². The van der Waals surface area contributed by atoms with Crippen molar-refractivity contribution in [2.45, 2.75) is 173 Å². The van der Waals surface area contributed by atoms with E-state index in [1.165, 1.54) is 19.3 Å². The molecule has 4 N–H and O–H groups in total. The number of carbonyl (C=O) groups excluding carboxylic acids is 2. The molecule has 0 aliphatic carbocycles. The molecule has 52 heavy (non-hydrogen) atoms. The molecule has 1 aliphatic heterocycles. The summed E-state index contributed by atoms with van der Waals surface area (Å²) < 4.78 is 22.0. The minimum absolute atomic E-state index is 0.173. The fourth-order valence-electron chi connectivity index (χ4n) is 5.47. The summed E-state index contributed by atoms with van der Waals surface area (Å²) in [6, 6.07) is 0. The van der Waals surface area contributed by atoms with Crippen LogP contribution in [0.5, 0.6) is 0 Å². The van der Waals surface area contributed by atoms with E-state index in [0.717, 1.165) is 77.0 Å². The van der Waals surface area contributed by atoms with Crippen LogP contribution in [-0.2, 0) is 28.5 Å². The number of ether oxygens (including phenoxy) is 4. The first-order valence-electron chi connectivity index (χ1n) is 19.9. The summed E-state index contributed by atoms with van der Waals surface area (Å²) in [6.07, 6.45) is 30.9. The van der Waals surface area contributed by atoms with Crippen molar-refractivity contribution in [1.82, 2.24) is 0 Å². The summed E-state index contributed by atoms with van der Waals surface area (Å²) in [5.41, 5.74) is 0. The molecule has 298 valence electrons. The minimum Gasteiger partial charge on any atom is -0.462 e. The predicted molar refractivity (Wildman–Crippen MR) is 205 cm³/mol. The fourth-order valence-corrected chi connectivity index (χ4v) is 5.47. The number of carbonyl (C=O) groups is 2. The quantitative estimate of drug-likeness (QED) is 0.0320. The number of hydrogen-bond donors (Lipinski definition) is 4. The second-order valence-corrected chi connectivity index (χ2v) is 13.3. The lowest BCUT2D eigenvalue weighted by atomic mass is 9.99. The van der Waals surface area contributed by atoms with Gasteiger partial charge in [-0.1, -0.05) is 107 Å². The molecule has 1 heterocycles. The molecule has 2 unspecified atom stereocenters. The average molecular weight is 735 g/mol. The van der Waals surface area contributed by atoms with Crippen molar-refractivity contribution in [1.29, 1.82) is 0 Å². The van der Waals surface area contributed by atoms with Gasteiger partial charge in [-0.3, -0.25) is 9.59 Å². The van der Waals surface area contributed by atoms with Crippen molar-refractivity contribution in [3.05, 3.63) is 60.8 Å². The van der Waals surface area contributed by atoms with Crippen LogP contribution in [0, 0.1) is 0 Å². The van der Waals surface area contributed by atoms with Crippen molar-refractivity contribution in [2.24, 2.45) is 0 Å². The van der Waals surface area contributed by atoms with Crippen molar-refractivity contribution >= 4 is 11.9 Å². The van der Waals surface area contributed by atoms with E-state index in [0.29, 0.717) is 12.8 Å². The third-order valence-electron chi connectivity index (χ3n) is 8.64. The number of hydrogen-bond acceptors (Lipinski definition) is 10. The predicted octanol–water partition coefficient (Wildman–Crippen LogP) is 7.49. The van der Waals surface area contributed by atoms with Crippen LogP contribution in [0.2, 0.25) is 0 Å². The van der Waals surface area contributed by atoms with Crippen LogP contribution < -0.4 is 0 Å². The molecule has 0 aromatic rings. The lowest BCUT2D eigenvalue weighted by Crippen LogP contribution is -2.59. The maximum atomic E-state index is 12.7. The first-order chi connectivity index (χ1) is 25.3. The average Bonchev–Trinajstić information content (AvgIpc) is 3.14. The van der Waals surface area contributed by atoms with E-state index in [9.17, 15) is 30.0 Å². The molecular weight excluding hydrogens is 664 g/mol. The standard InChI is InChI=1S/C42H70O10/c1-3-5-7-9-11-13-15-17-18-19-21-23-25-27-29-31-38(45)51-35(34-50-42-41(48)40(47)39(46)36(32-43)52-42)33-49-37(44)30-28-26-24-22-20-16-14-12-10-8-6-4-2/h5,7,11-14,17-18,21,23,35-36,39-43,46-48H,3-4,6,8-10,15-16,19-20,22,24-34H2,1-2H3/b7-5+,13-11+,14-12+,18-17+,23-21+/t35-,36-,39+,40?,41?,42-/m1/s1. The fraction of sp³-hybridized carbons (Fsp3) is 0.714. The van der Waals surface area contributed by atoms with Crippen molar-refractivity contribution in [2.75, 3.05) is 19.8 Å². The Morgan fingerprint density at radius 1 is 0.615 bits per heavy atom. The highest BCUT2D eigenvalue weighted by Crippen LogP contribution is 2.22. The molecule has 0 aromatic carbocycles. The van der Waals surface area contributed by atoms with Gasteiger partial charge in [0.25, 0.3) is 0 Å². The highest BCUT2D eigenvalue weighted by Gasteiger charge is 2.44. The van der Waals surface area contributed by atoms with E-state index in [1.54, 1.807) is 0 Å². The second-order valence-electron chi connectivity index (χ2n) is 13.3. The molecular formula is C42H70O10. The Labute approximate surface area is 313 Å². The molecule has 1 aliphatic rings. The van der Waals surface area contributed by atoms with E-state index in [4.69, 9.17) is 18.9 Å². The Kier molecular flexibility index (Phi) is 30.1. The van der Waals surface area contributed by atoms with Crippen molar-refractivity contribution < 1.29 is 49.0 Å². The zero-order chi connectivity index (χ0) is 38.1. The van der Waals surface area contributed by atoms with E-state index in [-0.39, 0.29) is 26.1 Å². The molecule has 10 nitrogen and oxygen atoms in total. The van der Waals surface area contributed by atoms with Crippen LogP contribution in [0.15, 0.2) is 60.8 Å². The van der Waals surface area contributed by atoms with Gasteiger partial charge in [0.2, 0.25) is 0 Å². The molecule has 0 amide bonds. The molecule has 0 bridgehead atoms. The van der Waals surface area contributed by atoms with Gasteiger partial charge < -0.3 is 39.4 Å². The van der Waals surface area contributed by atoms with Crippen molar-refractivity contribution in [3.63, 3.8) is 0 Å². The normalized spacial score (nSPS) is 21.7. The van der Waals surface area contributed by atoms with Gasteiger partial charge in [-0.25, -0.2) is 0 Å². The van der Waals surface area contributed by atoms with E-state index < -0.39 is 55.4 Å². The van der Waals surface area contributed by atoms with Gasteiger partial charge in [0.05, 0.1) is 13.2 Å². The zero-order valence-electron chi connectivity index (χ0n) is 32.0. The molecule has 0 aromatic heterocycles. The minimum atomic E-state index is -1.60. The Bertz CT molecular complexity index is 1030.